The van der Waals surface area contributed by atoms with E-state index in [9.17, 15) is 0 Å². The topological polar surface area (TPSA) is 59.9 Å². The monoisotopic (exact) mass is 256 g/mol. The Labute approximate surface area is 112 Å². The Bertz CT molecular complexity index is 553. The zero-order valence-electron chi connectivity index (χ0n) is 10.8. The summed E-state index contributed by atoms with van der Waals surface area (Å²) in [5.41, 5.74) is 1.82. The van der Waals surface area contributed by atoms with Crippen molar-refractivity contribution in [1.82, 2.24) is 20.3 Å². The largest absolute Gasteiger partial charge is 0.473 e. The molecule has 0 radical (unpaired) electrons. The van der Waals surface area contributed by atoms with Gasteiger partial charge in [0, 0.05) is 30.6 Å². The first-order chi connectivity index (χ1) is 9.31. The predicted octanol–water partition coefficient (Wildman–Crippen LogP) is 1.59. The molecule has 2 aromatic heterocycles. The number of aryl methyl sites for hydroxylation is 1. The van der Waals surface area contributed by atoms with Crippen molar-refractivity contribution in [2.75, 3.05) is 13.1 Å². The second-order valence-corrected chi connectivity index (χ2v) is 4.61. The zero-order valence-corrected chi connectivity index (χ0v) is 10.8. The van der Waals surface area contributed by atoms with Crippen molar-refractivity contribution < 1.29 is 4.74 Å². The van der Waals surface area contributed by atoms with Crippen LogP contribution in [0.15, 0.2) is 30.6 Å². The molecule has 98 valence electrons. The fourth-order valence-corrected chi connectivity index (χ4v) is 2.16. The fourth-order valence-electron chi connectivity index (χ4n) is 2.16. The fraction of sp³-hybridized carbons (Fsp3) is 0.357. The average molecular weight is 256 g/mol. The van der Waals surface area contributed by atoms with E-state index in [2.05, 4.69) is 20.3 Å². The maximum absolute atomic E-state index is 5.88. The molecule has 1 unspecified atom stereocenters. The van der Waals surface area contributed by atoms with Gasteiger partial charge < -0.3 is 10.1 Å². The smallest absolute Gasteiger partial charge is 0.217 e. The molecular formula is C14H16N4O. The van der Waals surface area contributed by atoms with Gasteiger partial charge in [-0.05, 0) is 32.0 Å². The lowest BCUT2D eigenvalue weighted by Crippen LogP contribution is -2.20. The molecule has 0 aliphatic carbocycles. The Morgan fingerprint density at radius 2 is 2.32 bits per heavy atom. The van der Waals surface area contributed by atoms with Crippen LogP contribution in [0.5, 0.6) is 5.88 Å². The number of ether oxygens (including phenoxy) is 1. The van der Waals surface area contributed by atoms with Crippen LogP contribution in [0.4, 0.5) is 0 Å². The van der Waals surface area contributed by atoms with Crippen molar-refractivity contribution in [2.45, 2.75) is 19.4 Å². The van der Waals surface area contributed by atoms with Crippen molar-refractivity contribution in [3.63, 3.8) is 0 Å². The Hall–Kier alpha value is -2.01. The van der Waals surface area contributed by atoms with Gasteiger partial charge in [0.15, 0.2) is 0 Å². The number of nitrogens with one attached hydrogen (secondary N) is 1. The number of aromatic nitrogens is 3. The standard InChI is InChI=1S/C14H16N4O/c1-10-17-13(11-3-2-5-15-8-11)7-14(18-10)19-12-4-6-16-9-12/h2-3,5,7-8,12,16H,4,6,9H2,1H3. The second-order valence-electron chi connectivity index (χ2n) is 4.61. The van der Waals surface area contributed by atoms with Crippen LogP contribution < -0.4 is 10.1 Å². The van der Waals surface area contributed by atoms with E-state index in [-0.39, 0.29) is 6.10 Å². The highest BCUT2D eigenvalue weighted by Crippen LogP contribution is 2.21. The lowest BCUT2D eigenvalue weighted by Gasteiger charge is -2.12. The molecule has 0 aromatic carbocycles. The van der Waals surface area contributed by atoms with E-state index < -0.39 is 0 Å². The summed E-state index contributed by atoms with van der Waals surface area (Å²) in [7, 11) is 0. The van der Waals surface area contributed by atoms with E-state index in [0.717, 1.165) is 30.8 Å². The highest BCUT2D eigenvalue weighted by Gasteiger charge is 2.17. The number of pyridine rings is 1. The zero-order chi connectivity index (χ0) is 13.1. The molecule has 3 rings (SSSR count). The summed E-state index contributed by atoms with van der Waals surface area (Å²) in [6, 6.07) is 5.76. The molecule has 1 atom stereocenters. The van der Waals surface area contributed by atoms with Gasteiger partial charge in [-0.15, -0.1) is 0 Å². The molecule has 0 bridgehead atoms. The summed E-state index contributed by atoms with van der Waals surface area (Å²) >= 11 is 0. The third-order valence-electron chi connectivity index (χ3n) is 3.07. The molecule has 0 saturated carbocycles. The van der Waals surface area contributed by atoms with Crippen LogP contribution in [0.3, 0.4) is 0 Å². The molecular weight excluding hydrogens is 240 g/mol. The lowest BCUT2D eigenvalue weighted by molar-refractivity contribution is 0.213. The summed E-state index contributed by atoms with van der Waals surface area (Å²) in [5, 5.41) is 3.28. The molecule has 5 nitrogen and oxygen atoms in total. The lowest BCUT2D eigenvalue weighted by atomic mass is 10.2. The number of rotatable bonds is 3. The normalized spacial score (nSPS) is 18.5. The van der Waals surface area contributed by atoms with Crippen LogP contribution >= 0.6 is 0 Å². The van der Waals surface area contributed by atoms with Crippen molar-refractivity contribution >= 4 is 0 Å². The minimum Gasteiger partial charge on any atom is -0.473 e. The van der Waals surface area contributed by atoms with Crippen molar-refractivity contribution in [3.8, 4) is 17.1 Å². The number of hydrogen-bond acceptors (Lipinski definition) is 5. The van der Waals surface area contributed by atoms with Crippen LogP contribution in [0.25, 0.3) is 11.3 Å². The predicted molar refractivity (Wildman–Crippen MR) is 71.9 cm³/mol. The Kier molecular flexibility index (Phi) is 3.37. The van der Waals surface area contributed by atoms with Gasteiger partial charge >= 0.3 is 0 Å². The summed E-state index contributed by atoms with van der Waals surface area (Å²) < 4.78 is 5.88. The molecule has 0 spiro atoms. The molecule has 0 amide bonds. The summed E-state index contributed by atoms with van der Waals surface area (Å²) in [6.07, 6.45) is 4.77. The van der Waals surface area contributed by atoms with Crippen LogP contribution in [-0.2, 0) is 0 Å². The maximum Gasteiger partial charge on any atom is 0.217 e. The van der Waals surface area contributed by atoms with Crippen LogP contribution in [-0.4, -0.2) is 34.1 Å². The van der Waals surface area contributed by atoms with E-state index in [4.69, 9.17) is 4.74 Å². The van der Waals surface area contributed by atoms with E-state index >= 15 is 0 Å². The van der Waals surface area contributed by atoms with Crippen LogP contribution in [0.2, 0.25) is 0 Å². The van der Waals surface area contributed by atoms with E-state index in [1.165, 1.54) is 0 Å². The highest BCUT2D eigenvalue weighted by molar-refractivity contribution is 5.58. The van der Waals surface area contributed by atoms with Gasteiger partial charge in [-0.2, -0.15) is 4.98 Å². The third-order valence-corrected chi connectivity index (χ3v) is 3.07. The van der Waals surface area contributed by atoms with Gasteiger partial charge in [0.05, 0.1) is 5.69 Å². The molecule has 3 heterocycles. The van der Waals surface area contributed by atoms with Gasteiger partial charge in [-0.25, -0.2) is 4.98 Å². The van der Waals surface area contributed by atoms with E-state index in [1.54, 1.807) is 12.4 Å². The van der Waals surface area contributed by atoms with Crippen LogP contribution in [0.1, 0.15) is 12.2 Å². The number of nitrogens with zero attached hydrogens (tertiary/aromatic N) is 3. The van der Waals surface area contributed by atoms with Crippen molar-refractivity contribution in [1.29, 1.82) is 0 Å². The van der Waals surface area contributed by atoms with Crippen molar-refractivity contribution in [2.24, 2.45) is 0 Å². The molecule has 2 aromatic rings. The molecule has 1 saturated heterocycles. The van der Waals surface area contributed by atoms with Gasteiger partial charge in [0.2, 0.25) is 5.88 Å². The first-order valence-corrected chi connectivity index (χ1v) is 6.45. The molecule has 1 aliphatic heterocycles. The first kappa shape index (κ1) is 12.0. The van der Waals surface area contributed by atoms with E-state index in [1.807, 2.05) is 25.1 Å². The van der Waals surface area contributed by atoms with Crippen LogP contribution in [0, 0.1) is 6.92 Å². The summed E-state index contributed by atoms with van der Waals surface area (Å²) in [5.74, 6) is 1.35. The van der Waals surface area contributed by atoms with Gasteiger partial charge in [-0.3, -0.25) is 4.98 Å². The minimum absolute atomic E-state index is 0.205. The molecule has 1 N–H and O–H groups in total. The minimum atomic E-state index is 0.205. The third kappa shape index (κ3) is 2.88. The Morgan fingerprint density at radius 3 is 3.05 bits per heavy atom. The van der Waals surface area contributed by atoms with Gasteiger partial charge in [-0.1, -0.05) is 0 Å². The first-order valence-electron chi connectivity index (χ1n) is 6.45. The summed E-state index contributed by atoms with van der Waals surface area (Å²) in [4.78, 5) is 12.9. The molecule has 19 heavy (non-hydrogen) atoms. The van der Waals surface area contributed by atoms with Crippen molar-refractivity contribution in [3.05, 3.63) is 36.4 Å². The molecule has 5 heteroatoms. The van der Waals surface area contributed by atoms with Gasteiger partial charge in [0.1, 0.15) is 11.9 Å². The quantitative estimate of drug-likeness (QED) is 0.903. The Morgan fingerprint density at radius 1 is 1.37 bits per heavy atom. The SMILES string of the molecule is Cc1nc(OC2CCNC2)cc(-c2cccnc2)n1. The highest BCUT2D eigenvalue weighted by atomic mass is 16.5. The average Bonchev–Trinajstić information content (AvgIpc) is 2.92. The molecule has 1 aliphatic rings. The number of hydrogen-bond donors (Lipinski definition) is 1. The second kappa shape index (κ2) is 5.32. The summed E-state index contributed by atoms with van der Waals surface area (Å²) in [6.45, 7) is 3.76. The molecule has 1 fully saturated rings. The van der Waals surface area contributed by atoms with E-state index in [0.29, 0.717) is 11.7 Å². The Balaban J connectivity index is 1.87. The van der Waals surface area contributed by atoms with Gasteiger partial charge in [0.25, 0.3) is 0 Å². The maximum atomic E-state index is 5.88.